The summed E-state index contributed by atoms with van der Waals surface area (Å²) >= 11 is 1.66. The molecule has 0 saturated heterocycles. The van der Waals surface area contributed by atoms with Crippen LogP contribution in [0.5, 0.6) is 17.2 Å². The van der Waals surface area contributed by atoms with Crippen LogP contribution in [0.25, 0.3) is 0 Å². The number of aldehydes is 1. The summed E-state index contributed by atoms with van der Waals surface area (Å²) in [4.78, 5) is 10.9. The van der Waals surface area contributed by atoms with Gasteiger partial charge in [-0.15, -0.1) is 0 Å². The van der Waals surface area contributed by atoms with E-state index in [0.29, 0.717) is 29.4 Å². The van der Waals surface area contributed by atoms with Crippen molar-refractivity contribution in [3.8, 4) is 17.2 Å². The van der Waals surface area contributed by atoms with Crippen molar-refractivity contribution in [2.24, 2.45) is 0 Å². The Balaban J connectivity index is 2.14. The predicted octanol–water partition coefficient (Wildman–Crippen LogP) is 3.20. The third-order valence-electron chi connectivity index (χ3n) is 2.84. The molecule has 1 aromatic carbocycles. The summed E-state index contributed by atoms with van der Waals surface area (Å²) in [7, 11) is 3.07. The van der Waals surface area contributed by atoms with Gasteiger partial charge in [-0.3, -0.25) is 4.79 Å². The van der Waals surface area contributed by atoms with Crippen LogP contribution in [0, 0.1) is 0 Å². The zero-order chi connectivity index (χ0) is 14.4. The maximum atomic E-state index is 10.9. The van der Waals surface area contributed by atoms with Crippen LogP contribution in [0.2, 0.25) is 0 Å². The van der Waals surface area contributed by atoms with E-state index in [0.717, 1.165) is 12.7 Å². The average Bonchev–Trinajstić information content (AvgIpc) is 3.00. The Hall–Kier alpha value is -2.01. The van der Waals surface area contributed by atoms with E-state index in [2.05, 4.69) is 11.4 Å². The lowest BCUT2D eigenvalue weighted by molar-refractivity contribution is 0.112. The molecule has 0 fully saturated rings. The summed E-state index contributed by atoms with van der Waals surface area (Å²) in [5.74, 6) is 1.52. The van der Waals surface area contributed by atoms with Gasteiger partial charge >= 0.3 is 0 Å². The second-order valence-corrected chi connectivity index (χ2v) is 4.88. The predicted molar refractivity (Wildman–Crippen MR) is 78.5 cm³/mol. The highest BCUT2D eigenvalue weighted by Crippen LogP contribution is 2.38. The van der Waals surface area contributed by atoms with E-state index in [-0.39, 0.29) is 0 Å². The fourth-order valence-corrected chi connectivity index (χ4v) is 2.52. The number of rotatable bonds is 7. The summed E-state index contributed by atoms with van der Waals surface area (Å²) in [5.41, 5.74) is 1.72. The van der Waals surface area contributed by atoms with E-state index < -0.39 is 0 Å². The van der Waals surface area contributed by atoms with Crippen molar-refractivity contribution >= 4 is 17.6 Å². The van der Waals surface area contributed by atoms with Crippen molar-refractivity contribution in [1.29, 1.82) is 0 Å². The molecule has 0 saturated carbocycles. The number of carbonyl (C=O) groups excluding carboxylic acids is 1. The average molecular weight is 292 g/mol. The van der Waals surface area contributed by atoms with Gasteiger partial charge in [0, 0.05) is 12.0 Å². The maximum Gasteiger partial charge on any atom is 0.203 e. The van der Waals surface area contributed by atoms with Gasteiger partial charge in [-0.05, 0) is 34.5 Å². The van der Waals surface area contributed by atoms with Crippen LogP contribution in [0.3, 0.4) is 0 Å². The first kappa shape index (κ1) is 14.4. The normalized spacial score (nSPS) is 10.1. The van der Waals surface area contributed by atoms with Crippen LogP contribution >= 0.6 is 11.3 Å². The van der Waals surface area contributed by atoms with Gasteiger partial charge < -0.3 is 14.2 Å². The molecule has 0 spiro atoms. The molecule has 0 unspecified atom stereocenters. The molecule has 0 aliphatic carbocycles. The van der Waals surface area contributed by atoms with E-state index in [1.54, 1.807) is 23.5 Å². The summed E-state index contributed by atoms with van der Waals surface area (Å²) in [6, 6.07) is 5.34. The maximum absolute atomic E-state index is 10.9. The molecule has 0 atom stereocenters. The molecule has 20 heavy (non-hydrogen) atoms. The van der Waals surface area contributed by atoms with Crippen LogP contribution in [0.1, 0.15) is 15.9 Å². The van der Waals surface area contributed by atoms with Gasteiger partial charge in [-0.1, -0.05) is 0 Å². The molecule has 4 nitrogen and oxygen atoms in total. The number of hydrogen-bond donors (Lipinski definition) is 0. The Bertz CT molecular complexity index is 538. The van der Waals surface area contributed by atoms with Gasteiger partial charge in [0.05, 0.1) is 20.8 Å². The highest BCUT2D eigenvalue weighted by molar-refractivity contribution is 7.07. The zero-order valence-electron chi connectivity index (χ0n) is 11.4. The van der Waals surface area contributed by atoms with E-state index >= 15 is 0 Å². The number of benzene rings is 1. The summed E-state index contributed by atoms with van der Waals surface area (Å²) in [5, 5.41) is 4.13. The SMILES string of the molecule is COc1cc(C=O)cc(OC)c1OCCc1ccsc1. The largest absolute Gasteiger partial charge is 0.493 e. The van der Waals surface area contributed by atoms with Crippen molar-refractivity contribution < 1.29 is 19.0 Å². The van der Waals surface area contributed by atoms with Gasteiger partial charge in [-0.2, -0.15) is 11.3 Å². The number of methoxy groups -OCH3 is 2. The van der Waals surface area contributed by atoms with Crippen molar-refractivity contribution in [3.63, 3.8) is 0 Å². The Labute approximate surface area is 121 Å². The van der Waals surface area contributed by atoms with Crippen molar-refractivity contribution in [2.45, 2.75) is 6.42 Å². The molecule has 1 aromatic heterocycles. The molecule has 0 aliphatic rings. The molecular weight excluding hydrogens is 276 g/mol. The monoisotopic (exact) mass is 292 g/mol. The lowest BCUT2D eigenvalue weighted by atomic mass is 10.2. The number of hydrogen-bond acceptors (Lipinski definition) is 5. The minimum absolute atomic E-state index is 0.490. The van der Waals surface area contributed by atoms with Crippen LogP contribution in [-0.4, -0.2) is 27.1 Å². The van der Waals surface area contributed by atoms with Gasteiger partial charge in [0.15, 0.2) is 11.5 Å². The van der Waals surface area contributed by atoms with E-state index in [1.165, 1.54) is 19.8 Å². The molecule has 106 valence electrons. The quantitative estimate of drug-likeness (QED) is 0.735. The van der Waals surface area contributed by atoms with E-state index in [4.69, 9.17) is 14.2 Å². The van der Waals surface area contributed by atoms with Crippen molar-refractivity contribution in [3.05, 3.63) is 40.1 Å². The third kappa shape index (κ3) is 3.30. The number of ether oxygens (including phenoxy) is 3. The van der Waals surface area contributed by atoms with Crippen LogP contribution in [-0.2, 0) is 6.42 Å². The summed E-state index contributed by atoms with van der Waals surface area (Å²) < 4.78 is 16.3. The molecule has 0 radical (unpaired) electrons. The van der Waals surface area contributed by atoms with Crippen LogP contribution in [0.15, 0.2) is 29.0 Å². The van der Waals surface area contributed by atoms with Gasteiger partial charge in [0.1, 0.15) is 6.29 Å². The Morgan fingerprint density at radius 2 is 1.90 bits per heavy atom. The Kier molecular flexibility index (Phi) is 5.01. The first-order valence-electron chi connectivity index (χ1n) is 6.13. The van der Waals surface area contributed by atoms with Crippen molar-refractivity contribution in [1.82, 2.24) is 0 Å². The second-order valence-electron chi connectivity index (χ2n) is 4.10. The minimum atomic E-state index is 0.490. The lowest BCUT2D eigenvalue weighted by Crippen LogP contribution is -2.04. The number of thiophene rings is 1. The summed E-state index contributed by atoms with van der Waals surface area (Å²) in [6.45, 7) is 0.518. The Morgan fingerprint density at radius 1 is 1.20 bits per heavy atom. The molecule has 0 N–H and O–H groups in total. The smallest absolute Gasteiger partial charge is 0.203 e. The topological polar surface area (TPSA) is 44.8 Å². The first-order valence-corrected chi connectivity index (χ1v) is 7.08. The Morgan fingerprint density at radius 3 is 2.40 bits per heavy atom. The molecule has 0 bridgehead atoms. The highest BCUT2D eigenvalue weighted by atomic mass is 32.1. The van der Waals surface area contributed by atoms with Gasteiger partial charge in [0.25, 0.3) is 0 Å². The third-order valence-corrected chi connectivity index (χ3v) is 3.57. The van der Waals surface area contributed by atoms with Crippen LogP contribution < -0.4 is 14.2 Å². The van der Waals surface area contributed by atoms with E-state index in [1.807, 2.05) is 5.38 Å². The van der Waals surface area contributed by atoms with Crippen molar-refractivity contribution in [2.75, 3.05) is 20.8 Å². The van der Waals surface area contributed by atoms with E-state index in [9.17, 15) is 4.79 Å². The molecular formula is C15H16O4S. The number of carbonyl (C=O) groups is 1. The fourth-order valence-electron chi connectivity index (χ4n) is 1.82. The molecule has 1 heterocycles. The molecule has 0 amide bonds. The molecule has 2 aromatic rings. The standard InChI is InChI=1S/C15H16O4S/c1-17-13-7-12(9-16)8-14(18-2)15(13)19-5-3-11-4-6-20-10-11/h4,6-10H,3,5H2,1-2H3. The zero-order valence-corrected chi connectivity index (χ0v) is 12.2. The van der Waals surface area contributed by atoms with Gasteiger partial charge in [0.2, 0.25) is 5.75 Å². The summed E-state index contributed by atoms with van der Waals surface area (Å²) in [6.07, 6.45) is 1.56. The molecule has 0 aliphatic heterocycles. The first-order chi connectivity index (χ1) is 9.78. The molecule has 2 rings (SSSR count). The lowest BCUT2D eigenvalue weighted by Gasteiger charge is -2.14. The minimum Gasteiger partial charge on any atom is -0.493 e. The highest BCUT2D eigenvalue weighted by Gasteiger charge is 2.14. The van der Waals surface area contributed by atoms with Crippen LogP contribution in [0.4, 0.5) is 0 Å². The fraction of sp³-hybridized carbons (Fsp3) is 0.267. The second kappa shape index (κ2) is 6.96. The molecule has 5 heteroatoms. The van der Waals surface area contributed by atoms with Gasteiger partial charge in [-0.25, -0.2) is 0 Å².